The maximum absolute atomic E-state index is 11.7. The summed E-state index contributed by atoms with van der Waals surface area (Å²) in [6.45, 7) is 9.96. The number of nitrogens with one attached hydrogen (secondary N) is 1. The summed E-state index contributed by atoms with van der Waals surface area (Å²) in [5.74, 6) is 0.784. The van der Waals surface area contributed by atoms with Crippen LogP contribution in [0.1, 0.15) is 0 Å². The van der Waals surface area contributed by atoms with Gasteiger partial charge in [0.1, 0.15) is 12.4 Å². The van der Waals surface area contributed by atoms with Crippen LogP contribution in [0.25, 0.3) is 0 Å². The van der Waals surface area contributed by atoms with E-state index in [0.717, 1.165) is 5.75 Å². The van der Waals surface area contributed by atoms with Crippen LogP contribution >= 0.6 is 0 Å². The summed E-state index contributed by atoms with van der Waals surface area (Å²) < 4.78 is 5.50. The number of para-hydroxylation sites is 1. The molecule has 0 saturated carbocycles. The summed E-state index contributed by atoms with van der Waals surface area (Å²) in [5, 5.41) is 2.83. The minimum Gasteiger partial charge on any atom is -0.492 e. The normalized spacial score (nSPS) is 10.1. The molecule has 0 aromatic heterocycles. The third-order valence-electron chi connectivity index (χ3n) is 2.58. The van der Waals surface area contributed by atoms with Gasteiger partial charge in [0, 0.05) is 13.1 Å². The Hall–Kier alpha value is -2.07. The van der Waals surface area contributed by atoms with Crippen molar-refractivity contribution in [2.75, 3.05) is 32.8 Å². The van der Waals surface area contributed by atoms with E-state index in [0.29, 0.717) is 32.8 Å². The van der Waals surface area contributed by atoms with Crippen molar-refractivity contribution in [3.63, 3.8) is 0 Å². The molecule has 4 heteroatoms. The predicted molar refractivity (Wildman–Crippen MR) is 81.8 cm³/mol. The van der Waals surface area contributed by atoms with Crippen LogP contribution in [-0.4, -0.2) is 43.6 Å². The summed E-state index contributed by atoms with van der Waals surface area (Å²) in [6, 6.07) is 9.53. The highest BCUT2D eigenvalue weighted by Crippen LogP contribution is 2.07. The predicted octanol–water partition coefficient (Wildman–Crippen LogP) is 1.86. The number of hydrogen-bond acceptors (Lipinski definition) is 3. The summed E-state index contributed by atoms with van der Waals surface area (Å²) >= 11 is 0. The summed E-state index contributed by atoms with van der Waals surface area (Å²) in [6.07, 6.45) is 3.55. The van der Waals surface area contributed by atoms with E-state index in [1.165, 1.54) is 0 Å². The Kier molecular flexibility index (Phi) is 7.84. The Labute approximate surface area is 120 Å². The molecule has 0 atom stereocenters. The fraction of sp³-hybridized carbons (Fsp3) is 0.312. The monoisotopic (exact) mass is 274 g/mol. The molecular weight excluding hydrogens is 252 g/mol. The smallest absolute Gasteiger partial charge is 0.234 e. The molecular formula is C16H22N2O2. The lowest BCUT2D eigenvalue weighted by molar-refractivity contribution is -0.122. The zero-order valence-corrected chi connectivity index (χ0v) is 11.8. The topological polar surface area (TPSA) is 41.6 Å². The van der Waals surface area contributed by atoms with Gasteiger partial charge in [-0.2, -0.15) is 0 Å². The van der Waals surface area contributed by atoms with E-state index in [2.05, 4.69) is 18.5 Å². The highest BCUT2D eigenvalue weighted by Gasteiger charge is 2.07. The standard InChI is InChI=1S/C16H22N2O2/c1-3-11-18(12-4-2)14-16(19)17-10-13-20-15-8-6-5-7-9-15/h3-9H,1-2,10-14H2,(H,17,19). The summed E-state index contributed by atoms with van der Waals surface area (Å²) in [7, 11) is 0. The van der Waals surface area contributed by atoms with Gasteiger partial charge in [-0.25, -0.2) is 0 Å². The zero-order valence-electron chi connectivity index (χ0n) is 11.8. The van der Waals surface area contributed by atoms with Crippen molar-refractivity contribution < 1.29 is 9.53 Å². The molecule has 1 N–H and O–H groups in total. The van der Waals surface area contributed by atoms with Gasteiger partial charge in [-0.1, -0.05) is 30.4 Å². The van der Waals surface area contributed by atoms with E-state index in [1.807, 2.05) is 35.2 Å². The van der Waals surface area contributed by atoms with Crippen LogP contribution in [-0.2, 0) is 4.79 Å². The fourth-order valence-electron chi connectivity index (χ4n) is 1.70. The van der Waals surface area contributed by atoms with Crippen LogP contribution in [0, 0.1) is 0 Å². The number of nitrogens with zero attached hydrogens (tertiary/aromatic N) is 1. The van der Waals surface area contributed by atoms with E-state index in [9.17, 15) is 4.79 Å². The Morgan fingerprint density at radius 3 is 2.45 bits per heavy atom. The van der Waals surface area contributed by atoms with Crippen molar-refractivity contribution in [3.05, 3.63) is 55.6 Å². The fourth-order valence-corrected chi connectivity index (χ4v) is 1.70. The number of ether oxygens (including phenoxy) is 1. The minimum atomic E-state index is -0.0228. The number of carbonyl (C=O) groups excluding carboxylic acids is 1. The van der Waals surface area contributed by atoms with Crippen molar-refractivity contribution in [1.82, 2.24) is 10.2 Å². The molecule has 1 aromatic rings. The molecule has 0 spiro atoms. The minimum absolute atomic E-state index is 0.0228. The van der Waals surface area contributed by atoms with Crippen LogP contribution in [0.4, 0.5) is 0 Å². The SMILES string of the molecule is C=CCN(CC=C)CC(=O)NCCOc1ccccc1. The quantitative estimate of drug-likeness (QED) is 0.523. The van der Waals surface area contributed by atoms with E-state index in [-0.39, 0.29) is 5.91 Å². The zero-order chi connectivity index (χ0) is 14.6. The maximum atomic E-state index is 11.7. The Morgan fingerprint density at radius 1 is 1.20 bits per heavy atom. The lowest BCUT2D eigenvalue weighted by Crippen LogP contribution is -2.38. The van der Waals surface area contributed by atoms with Crippen molar-refractivity contribution in [2.24, 2.45) is 0 Å². The molecule has 20 heavy (non-hydrogen) atoms. The number of hydrogen-bond donors (Lipinski definition) is 1. The van der Waals surface area contributed by atoms with Gasteiger partial charge in [-0.3, -0.25) is 9.69 Å². The molecule has 0 aliphatic rings. The molecule has 0 radical (unpaired) electrons. The third-order valence-corrected chi connectivity index (χ3v) is 2.58. The van der Waals surface area contributed by atoms with Gasteiger partial charge in [0.15, 0.2) is 0 Å². The molecule has 108 valence electrons. The van der Waals surface area contributed by atoms with E-state index in [1.54, 1.807) is 12.2 Å². The summed E-state index contributed by atoms with van der Waals surface area (Å²) in [5.41, 5.74) is 0. The van der Waals surface area contributed by atoms with E-state index >= 15 is 0 Å². The first kappa shape index (κ1) is 16.0. The van der Waals surface area contributed by atoms with Gasteiger partial charge < -0.3 is 10.1 Å². The molecule has 1 rings (SSSR count). The number of carbonyl (C=O) groups is 1. The Bertz CT molecular complexity index is 408. The largest absolute Gasteiger partial charge is 0.492 e. The first-order valence-electron chi connectivity index (χ1n) is 6.65. The molecule has 0 heterocycles. The molecule has 1 aromatic carbocycles. The van der Waals surface area contributed by atoms with Crippen molar-refractivity contribution >= 4 is 5.91 Å². The van der Waals surface area contributed by atoms with Gasteiger partial charge in [-0.15, -0.1) is 13.2 Å². The van der Waals surface area contributed by atoms with Crippen LogP contribution in [0.5, 0.6) is 5.75 Å². The van der Waals surface area contributed by atoms with E-state index < -0.39 is 0 Å². The van der Waals surface area contributed by atoms with Crippen LogP contribution in [0.15, 0.2) is 55.6 Å². The van der Waals surface area contributed by atoms with Gasteiger partial charge in [0.05, 0.1) is 13.1 Å². The van der Waals surface area contributed by atoms with Crippen molar-refractivity contribution in [3.8, 4) is 5.75 Å². The van der Waals surface area contributed by atoms with Gasteiger partial charge in [-0.05, 0) is 12.1 Å². The number of rotatable bonds is 10. The molecule has 0 bridgehead atoms. The molecule has 0 unspecified atom stereocenters. The molecule has 0 fully saturated rings. The lowest BCUT2D eigenvalue weighted by atomic mass is 10.3. The van der Waals surface area contributed by atoms with Gasteiger partial charge in [0.2, 0.25) is 5.91 Å². The van der Waals surface area contributed by atoms with Crippen LogP contribution in [0.3, 0.4) is 0 Å². The third kappa shape index (κ3) is 6.75. The molecule has 4 nitrogen and oxygen atoms in total. The highest BCUT2D eigenvalue weighted by atomic mass is 16.5. The second kappa shape index (κ2) is 9.81. The van der Waals surface area contributed by atoms with Crippen molar-refractivity contribution in [1.29, 1.82) is 0 Å². The van der Waals surface area contributed by atoms with Crippen molar-refractivity contribution in [2.45, 2.75) is 0 Å². The molecule has 0 saturated heterocycles. The highest BCUT2D eigenvalue weighted by molar-refractivity contribution is 5.78. The van der Waals surface area contributed by atoms with E-state index in [4.69, 9.17) is 4.74 Å². The Morgan fingerprint density at radius 2 is 1.85 bits per heavy atom. The lowest BCUT2D eigenvalue weighted by Gasteiger charge is -2.18. The van der Waals surface area contributed by atoms with Gasteiger partial charge in [0.25, 0.3) is 0 Å². The second-order valence-electron chi connectivity index (χ2n) is 4.28. The van der Waals surface area contributed by atoms with Crippen LogP contribution < -0.4 is 10.1 Å². The maximum Gasteiger partial charge on any atom is 0.234 e. The summed E-state index contributed by atoms with van der Waals surface area (Å²) in [4.78, 5) is 13.7. The molecule has 0 aliphatic carbocycles. The average Bonchev–Trinajstić information content (AvgIpc) is 2.45. The first-order chi connectivity index (χ1) is 9.76. The second-order valence-corrected chi connectivity index (χ2v) is 4.28. The number of amides is 1. The van der Waals surface area contributed by atoms with Crippen LogP contribution in [0.2, 0.25) is 0 Å². The first-order valence-corrected chi connectivity index (χ1v) is 6.65. The molecule has 1 amide bonds. The number of benzene rings is 1. The average molecular weight is 274 g/mol. The molecule has 0 aliphatic heterocycles. The Balaban J connectivity index is 2.18. The van der Waals surface area contributed by atoms with Gasteiger partial charge >= 0.3 is 0 Å².